The van der Waals surface area contributed by atoms with Crippen LogP contribution in [0.4, 0.5) is 0 Å². The number of benzene rings is 1. The normalized spacial score (nSPS) is 12.7. The molecule has 0 aliphatic rings. The lowest BCUT2D eigenvalue weighted by Gasteiger charge is -2.11. The lowest BCUT2D eigenvalue weighted by atomic mass is 10.1. The van der Waals surface area contributed by atoms with E-state index in [-0.39, 0.29) is 6.04 Å². The quantitative estimate of drug-likeness (QED) is 0.905. The minimum absolute atomic E-state index is 0.0213. The van der Waals surface area contributed by atoms with Gasteiger partial charge < -0.3 is 10.3 Å². The predicted molar refractivity (Wildman–Crippen MR) is 68.9 cm³/mol. The molecule has 4 nitrogen and oxygen atoms in total. The number of rotatable bonds is 3. The van der Waals surface area contributed by atoms with Crippen molar-refractivity contribution < 1.29 is 0 Å². The Hall–Kier alpha value is -1.33. The summed E-state index contributed by atoms with van der Waals surface area (Å²) in [6, 6.07) is 8.15. The number of hydrogen-bond donors (Lipinski definition) is 1. The Labute approximate surface area is 105 Å². The Morgan fingerprint density at radius 3 is 2.59 bits per heavy atom. The Kier molecular flexibility index (Phi) is 3.49. The van der Waals surface area contributed by atoms with Crippen LogP contribution in [-0.2, 0) is 7.05 Å². The van der Waals surface area contributed by atoms with Crippen molar-refractivity contribution in [3.05, 3.63) is 35.7 Å². The molecule has 2 N–H and O–H groups in total. The molecular weight excluding hydrogens is 232 g/mol. The van der Waals surface area contributed by atoms with Gasteiger partial charge in [0.1, 0.15) is 5.82 Å². The maximum atomic E-state index is 5.96. The number of nitrogens with zero attached hydrogens (tertiary/aromatic N) is 3. The molecule has 2 aromatic rings. The standard InChI is InChI=1S/C12H16N4S/c1-8(13)10-6-4-5-7-11(10)17-12-15-14-9(2)16(12)3/h4-8H,13H2,1-3H3. The van der Waals surface area contributed by atoms with E-state index in [1.165, 1.54) is 0 Å². The molecule has 0 radical (unpaired) electrons. The van der Waals surface area contributed by atoms with Crippen molar-refractivity contribution in [2.24, 2.45) is 12.8 Å². The van der Waals surface area contributed by atoms with Crippen LogP contribution in [0, 0.1) is 6.92 Å². The van der Waals surface area contributed by atoms with Crippen LogP contribution in [0.5, 0.6) is 0 Å². The fourth-order valence-electron chi connectivity index (χ4n) is 1.52. The molecule has 0 fully saturated rings. The summed E-state index contributed by atoms with van der Waals surface area (Å²) in [5.41, 5.74) is 7.09. The second-order valence-electron chi connectivity index (χ2n) is 4.02. The first-order valence-corrected chi connectivity index (χ1v) is 6.29. The van der Waals surface area contributed by atoms with E-state index < -0.39 is 0 Å². The van der Waals surface area contributed by atoms with Crippen molar-refractivity contribution in [3.8, 4) is 0 Å². The molecule has 0 amide bonds. The van der Waals surface area contributed by atoms with Crippen LogP contribution in [0.3, 0.4) is 0 Å². The maximum absolute atomic E-state index is 5.96. The van der Waals surface area contributed by atoms with E-state index in [0.29, 0.717) is 0 Å². The third kappa shape index (κ3) is 2.50. The number of aryl methyl sites for hydroxylation is 1. The van der Waals surface area contributed by atoms with Gasteiger partial charge in [-0.05, 0) is 37.2 Å². The van der Waals surface area contributed by atoms with Crippen molar-refractivity contribution in [3.63, 3.8) is 0 Å². The Bertz CT molecular complexity index is 519. The second kappa shape index (κ2) is 4.89. The Balaban J connectivity index is 2.33. The van der Waals surface area contributed by atoms with Gasteiger partial charge in [0, 0.05) is 18.0 Å². The molecule has 1 aromatic heterocycles. The summed E-state index contributed by atoms with van der Waals surface area (Å²) in [7, 11) is 1.96. The van der Waals surface area contributed by atoms with E-state index in [1.807, 2.05) is 37.6 Å². The highest BCUT2D eigenvalue weighted by Crippen LogP contribution is 2.31. The van der Waals surface area contributed by atoms with Gasteiger partial charge in [0.15, 0.2) is 5.16 Å². The zero-order valence-electron chi connectivity index (χ0n) is 10.2. The molecule has 0 spiro atoms. The molecule has 0 bridgehead atoms. The van der Waals surface area contributed by atoms with E-state index in [4.69, 9.17) is 5.73 Å². The summed E-state index contributed by atoms with van der Waals surface area (Å²) in [6.45, 7) is 3.93. The van der Waals surface area contributed by atoms with Crippen LogP contribution >= 0.6 is 11.8 Å². The fraction of sp³-hybridized carbons (Fsp3) is 0.333. The first-order valence-electron chi connectivity index (χ1n) is 5.48. The van der Waals surface area contributed by atoms with Gasteiger partial charge in [0.2, 0.25) is 0 Å². The highest BCUT2D eigenvalue weighted by atomic mass is 32.2. The number of nitrogens with two attached hydrogens (primary N) is 1. The number of aromatic nitrogens is 3. The topological polar surface area (TPSA) is 56.7 Å². The summed E-state index contributed by atoms with van der Waals surface area (Å²) >= 11 is 1.60. The third-order valence-electron chi connectivity index (χ3n) is 2.66. The van der Waals surface area contributed by atoms with Gasteiger partial charge >= 0.3 is 0 Å². The van der Waals surface area contributed by atoms with Gasteiger partial charge in [-0.15, -0.1) is 10.2 Å². The molecule has 90 valence electrons. The summed E-state index contributed by atoms with van der Waals surface area (Å²) < 4.78 is 1.97. The van der Waals surface area contributed by atoms with Crippen LogP contribution in [0.15, 0.2) is 34.3 Å². The van der Waals surface area contributed by atoms with Crippen LogP contribution in [-0.4, -0.2) is 14.8 Å². The first kappa shape index (κ1) is 12.1. The zero-order chi connectivity index (χ0) is 12.4. The van der Waals surface area contributed by atoms with Crippen molar-refractivity contribution in [1.29, 1.82) is 0 Å². The van der Waals surface area contributed by atoms with Crippen molar-refractivity contribution >= 4 is 11.8 Å². The number of hydrogen-bond acceptors (Lipinski definition) is 4. The zero-order valence-corrected chi connectivity index (χ0v) is 11.0. The van der Waals surface area contributed by atoms with E-state index >= 15 is 0 Å². The predicted octanol–water partition coefficient (Wildman–Crippen LogP) is 2.29. The molecule has 1 unspecified atom stereocenters. The van der Waals surface area contributed by atoms with E-state index in [1.54, 1.807) is 11.8 Å². The van der Waals surface area contributed by atoms with E-state index in [2.05, 4.69) is 22.3 Å². The largest absolute Gasteiger partial charge is 0.324 e. The molecular formula is C12H16N4S. The van der Waals surface area contributed by atoms with E-state index in [0.717, 1.165) is 21.4 Å². The summed E-state index contributed by atoms with van der Waals surface area (Å²) in [5.74, 6) is 0.908. The van der Waals surface area contributed by atoms with Crippen molar-refractivity contribution in [2.75, 3.05) is 0 Å². The molecule has 2 rings (SSSR count). The van der Waals surface area contributed by atoms with Gasteiger partial charge in [-0.3, -0.25) is 0 Å². The third-order valence-corrected chi connectivity index (χ3v) is 3.79. The molecule has 1 heterocycles. The highest BCUT2D eigenvalue weighted by Gasteiger charge is 2.11. The SMILES string of the molecule is Cc1nnc(Sc2ccccc2C(C)N)n1C. The molecule has 5 heteroatoms. The summed E-state index contributed by atoms with van der Waals surface area (Å²) in [4.78, 5) is 1.14. The van der Waals surface area contributed by atoms with Gasteiger partial charge in [0.25, 0.3) is 0 Å². The molecule has 0 saturated carbocycles. The molecule has 17 heavy (non-hydrogen) atoms. The van der Waals surface area contributed by atoms with Gasteiger partial charge in [-0.25, -0.2) is 0 Å². The minimum atomic E-state index is 0.0213. The summed E-state index contributed by atoms with van der Waals surface area (Å²) in [5, 5.41) is 9.08. The van der Waals surface area contributed by atoms with Gasteiger partial charge in [0.05, 0.1) is 0 Å². The molecule has 0 aliphatic heterocycles. The minimum Gasteiger partial charge on any atom is -0.324 e. The molecule has 0 saturated heterocycles. The summed E-state index contributed by atoms with van der Waals surface area (Å²) in [6.07, 6.45) is 0. The van der Waals surface area contributed by atoms with E-state index in [9.17, 15) is 0 Å². The van der Waals surface area contributed by atoms with Gasteiger partial charge in [-0.1, -0.05) is 18.2 Å². The average Bonchev–Trinajstić information content (AvgIpc) is 2.61. The maximum Gasteiger partial charge on any atom is 0.195 e. The fourth-order valence-corrected chi connectivity index (χ4v) is 2.59. The Morgan fingerprint density at radius 1 is 1.29 bits per heavy atom. The monoisotopic (exact) mass is 248 g/mol. The molecule has 1 atom stereocenters. The smallest absolute Gasteiger partial charge is 0.195 e. The van der Waals surface area contributed by atoms with Crippen LogP contribution < -0.4 is 5.73 Å². The Morgan fingerprint density at radius 2 is 2.00 bits per heavy atom. The lowest BCUT2D eigenvalue weighted by molar-refractivity contribution is 0.762. The lowest BCUT2D eigenvalue weighted by Crippen LogP contribution is -2.06. The van der Waals surface area contributed by atoms with Crippen LogP contribution in [0.2, 0.25) is 0 Å². The molecule has 1 aromatic carbocycles. The van der Waals surface area contributed by atoms with Crippen LogP contribution in [0.25, 0.3) is 0 Å². The van der Waals surface area contributed by atoms with Gasteiger partial charge in [-0.2, -0.15) is 0 Å². The second-order valence-corrected chi connectivity index (χ2v) is 5.03. The highest BCUT2D eigenvalue weighted by molar-refractivity contribution is 7.99. The van der Waals surface area contributed by atoms with Crippen LogP contribution in [0.1, 0.15) is 24.4 Å². The van der Waals surface area contributed by atoms with Crippen molar-refractivity contribution in [2.45, 2.75) is 29.9 Å². The van der Waals surface area contributed by atoms with Crippen molar-refractivity contribution in [1.82, 2.24) is 14.8 Å². The average molecular weight is 248 g/mol. The molecule has 0 aliphatic carbocycles. The first-order chi connectivity index (χ1) is 8.09.